The van der Waals surface area contributed by atoms with Crippen LogP contribution < -0.4 is 4.74 Å². The van der Waals surface area contributed by atoms with Crippen molar-refractivity contribution in [3.05, 3.63) is 29.8 Å². The molecule has 118 valence electrons. The zero-order valence-electron chi connectivity index (χ0n) is 13.0. The Kier molecular flexibility index (Phi) is 5.99. The van der Waals surface area contributed by atoms with Crippen LogP contribution in [-0.4, -0.2) is 62.7 Å². The molecule has 1 aromatic carbocycles. The predicted octanol–water partition coefficient (Wildman–Crippen LogP) is 1.46. The monoisotopic (exact) mass is 295 g/mol. The van der Waals surface area contributed by atoms with E-state index in [9.17, 15) is 5.11 Å². The zero-order chi connectivity index (χ0) is 15.2. The number of hydrogen-bond donors (Lipinski definition) is 1. The molecule has 1 N–H and O–H groups in total. The van der Waals surface area contributed by atoms with E-state index in [0.717, 1.165) is 17.9 Å². The molecule has 0 spiro atoms. The van der Waals surface area contributed by atoms with Crippen molar-refractivity contribution in [2.24, 2.45) is 0 Å². The Hall–Kier alpha value is -1.14. The molecule has 1 aliphatic rings. The van der Waals surface area contributed by atoms with Crippen molar-refractivity contribution in [3.8, 4) is 5.75 Å². The Morgan fingerprint density at radius 3 is 2.81 bits per heavy atom. The fraction of sp³-hybridized carbons (Fsp3) is 0.625. The molecule has 1 aliphatic heterocycles. The highest BCUT2D eigenvalue weighted by atomic mass is 16.5. The van der Waals surface area contributed by atoms with Crippen molar-refractivity contribution in [2.45, 2.75) is 25.1 Å². The average Bonchev–Trinajstić information content (AvgIpc) is 2.50. The molecule has 0 amide bonds. The van der Waals surface area contributed by atoms with E-state index in [2.05, 4.69) is 11.8 Å². The largest absolute Gasteiger partial charge is 0.491 e. The maximum absolute atomic E-state index is 10.7. The Morgan fingerprint density at radius 1 is 1.33 bits per heavy atom. The van der Waals surface area contributed by atoms with Gasteiger partial charge in [0, 0.05) is 32.4 Å². The number of para-hydroxylation sites is 1. The summed E-state index contributed by atoms with van der Waals surface area (Å²) in [6.45, 7) is 4.50. The van der Waals surface area contributed by atoms with Gasteiger partial charge in [-0.1, -0.05) is 18.2 Å². The summed E-state index contributed by atoms with van der Waals surface area (Å²) in [7, 11) is 3.37. The van der Waals surface area contributed by atoms with E-state index >= 15 is 0 Å². The fourth-order valence-electron chi connectivity index (χ4n) is 2.85. The summed E-state index contributed by atoms with van der Waals surface area (Å²) >= 11 is 0. The maximum atomic E-state index is 10.7. The van der Waals surface area contributed by atoms with Gasteiger partial charge in [-0.25, -0.2) is 0 Å². The molecule has 0 saturated carbocycles. The van der Waals surface area contributed by atoms with Crippen LogP contribution >= 0.6 is 0 Å². The number of methoxy groups -OCH3 is 2. The number of benzene rings is 1. The molecule has 5 heteroatoms. The number of fused-ring (bicyclic) bond motifs is 1. The lowest BCUT2D eigenvalue weighted by molar-refractivity contribution is -0.0366. The summed E-state index contributed by atoms with van der Waals surface area (Å²) in [5, 5.41) is 10.7. The third-order valence-electron chi connectivity index (χ3n) is 3.97. The van der Waals surface area contributed by atoms with E-state index in [4.69, 9.17) is 14.2 Å². The minimum atomic E-state index is -0.564. The Bertz CT molecular complexity index is 440. The topological polar surface area (TPSA) is 51.2 Å². The van der Waals surface area contributed by atoms with Gasteiger partial charge in [0.15, 0.2) is 0 Å². The van der Waals surface area contributed by atoms with E-state index in [1.54, 1.807) is 14.2 Å². The summed E-state index contributed by atoms with van der Waals surface area (Å²) in [5.41, 5.74) is 0.848. The van der Waals surface area contributed by atoms with Crippen molar-refractivity contribution in [2.75, 3.05) is 40.6 Å². The molecule has 0 radical (unpaired) electrons. The molecule has 3 unspecified atom stereocenters. The molecule has 5 nitrogen and oxygen atoms in total. The molecule has 0 aromatic heterocycles. The molecular weight excluding hydrogens is 270 g/mol. The van der Waals surface area contributed by atoms with Crippen molar-refractivity contribution in [1.82, 2.24) is 4.90 Å². The van der Waals surface area contributed by atoms with Crippen LogP contribution in [0.25, 0.3) is 0 Å². The molecule has 0 bridgehead atoms. The number of ether oxygens (including phenoxy) is 3. The van der Waals surface area contributed by atoms with Crippen LogP contribution in [-0.2, 0) is 9.47 Å². The van der Waals surface area contributed by atoms with E-state index in [-0.39, 0.29) is 12.1 Å². The molecule has 3 atom stereocenters. The first-order valence-corrected chi connectivity index (χ1v) is 7.32. The second-order valence-corrected chi connectivity index (χ2v) is 5.40. The minimum absolute atomic E-state index is 0.0970. The quantitative estimate of drug-likeness (QED) is 0.825. The molecule has 0 saturated heterocycles. The van der Waals surface area contributed by atoms with Gasteiger partial charge < -0.3 is 19.3 Å². The van der Waals surface area contributed by atoms with Gasteiger partial charge in [0.05, 0.1) is 19.3 Å². The van der Waals surface area contributed by atoms with Crippen LogP contribution in [0.2, 0.25) is 0 Å². The third kappa shape index (κ3) is 3.74. The van der Waals surface area contributed by atoms with Crippen molar-refractivity contribution >= 4 is 0 Å². The van der Waals surface area contributed by atoms with Crippen LogP contribution in [0.1, 0.15) is 18.6 Å². The standard InChI is InChI=1S/C16H25NO4/c1-12(10-20-3)17(8-9-19-2)14-11-21-15-7-5-4-6-13(15)16(14)18/h4-7,12,14,16,18H,8-11H2,1-3H3. The molecule has 21 heavy (non-hydrogen) atoms. The summed E-state index contributed by atoms with van der Waals surface area (Å²) in [4.78, 5) is 2.20. The van der Waals surface area contributed by atoms with E-state index in [1.165, 1.54) is 0 Å². The first-order chi connectivity index (χ1) is 10.2. The summed E-state index contributed by atoms with van der Waals surface area (Å²) < 4.78 is 16.3. The number of nitrogens with zero attached hydrogens (tertiary/aromatic N) is 1. The number of aliphatic hydroxyl groups excluding tert-OH is 1. The average molecular weight is 295 g/mol. The Labute approximate surface area is 126 Å². The SMILES string of the molecule is COCCN(C(C)COC)C1COc2ccccc2C1O. The van der Waals surface area contributed by atoms with Gasteiger partial charge in [-0.05, 0) is 13.0 Å². The normalized spacial score (nSPS) is 22.7. The van der Waals surface area contributed by atoms with Crippen LogP contribution in [0.15, 0.2) is 24.3 Å². The lowest BCUT2D eigenvalue weighted by Crippen LogP contribution is -2.52. The second kappa shape index (κ2) is 7.75. The van der Waals surface area contributed by atoms with Crippen molar-refractivity contribution in [3.63, 3.8) is 0 Å². The van der Waals surface area contributed by atoms with Crippen LogP contribution in [0.3, 0.4) is 0 Å². The first kappa shape index (κ1) is 16.2. The number of aliphatic hydroxyl groups is 1. The van der Waals surface area contributed by atoms with Gasteiger partial charge >= 0.3 is 0 Å². The summed E-state index contributed by atoms with van der Waals surface area (Å²) in [5.74, 6) is 0.771. The smallest absolute Gasteiger partial charge is 0.125 e. The highest BCUT2D eigenvalue weighted by Gasteiger charge is 2.35. The molecule has 1 heterocycles. The number of hydrogen-bond acceptors (Lipinski definition) is 5. The predicted molar refractivity (Wildman–Crippen MR) is 80.6 cm³/mol. The molecule has 0 fully saturated rings. The van der Waals surface area contributed by atoms with Gasteiger partial charge in [0.25, 0.3) is 0 Å². The lowest BCUT2D eigenvalue weighted by atomic mass is 9.97. The van der Waals surface area contributed by atoms with Crippen LogP contribution in [0.4, 0.5) is 0 Å². The van der Waals surface area contributed by atoms with Crippen molar-refractivity contribution < 1.29 is 19.3 Å². The third-order valence-corrected chi connectivity index (χ3v) is 3.97. The molecule has 2 rings (SSSR count). The Balaban J connectivity index is 2.16. The van der Waals surface area contributed by atoms with E-state index < -0.39 is 6.10 Å². The minimum Gasteiger partial charge on any atom is -0.491 e. The van der Waals surface area contributed by atoms with Gasteiger partial charge in [-0.15, -0.1) is 0 Å². The van der Waals surface area contributed by atoms with Crippen LogP contribution in [0.5, 0.6) is 5.75 Å². The summed E-state index contributed by atoms with van der Waals surface area (Å²) in [6.07, 6.45) is -0.564. The van der Waals surface area contributed by atoms with Crippen LogP contribution in [0, 0.1) is 0 Å². The molecular formula is C16H25NO4. The van der Waals surface area contributed by atoms with E-state index in [0.29, 0.717) is 19.8 Å². The summed E-state index contributed by atoms with van der Waals surface area (Å²) in [6, 6.07) is 7.74. The highest BCUT2D eigenvalue weighted by molar-refractivity contribution is 5.37. The first-order valence-electron chi connectivity index (χ1n) is 7.32. The number of rotatable bonds is 7. The second-order valence-electron chi connectivity index (χ2n) is 5.40. The van der Waals surface area contributed by atoms with E-state index in [1.807, 2.05) is 24.3 Å². The zero-order valence-corrected chi connectivity index (χ0v) is 13.0. The highest BCUT2D eigenvalue weighted by Crippen LogP contribution is 2.34. The maximum Gasteiger partial charge on any atom is 0.125 e. The lowest BCUT2D eigenvalue weighted by Gasteiger charge is -2.41. The molecule has 1 aromatic rings. The van der Waals surface area contributed by atoms with Gasteiger partial charge in [0.2, 0.25) is 0 Å². The Morgan fingerprint density at radius 2 is 2.10 bits per heavy atom. The molecule has 0 aliphatic carbocycles. The van der Waals surface area contributed by atoms with Crippen molar-refractivity contribution in [1.29, 1.82) is 0 Å². The van der Waals surface area contributed by atoms with Gasteiger partial charge in [-0.3, -0.25) is 4.90 Å². The van der Waals surface area contributed by atoms with Gasteiger partial charge in [-0.2, -0.15) is 0 Å². The van der Waals surface area contributed by atoms with Gasteiger partial charge in [0.1, 0.15) is 18.5 Å². The fourth-order valence-corrected chi connectivity index (χ4v) is 2.85.